The van der Waals surface area contributed by atoms with Gasteiger partial charge in [-0.1, -0.05) is 83.3 Å². The molecule has 0 saturated carbocycles. The summed E-state index contributed by atoms with van der Waals surface area (Å²) in [6, 6.07) is 5.04. The molecule has 0 aromatic carbocycles. The van der Waals surface area contributed by atoms with Crippen molar-refractivity contribution in [1.29, 1.82) is 0 Å². The van der Waals surface area contributed by atoms with Gasteiger partial charge in [0.25, 0.3) is 0 Å². The van der Waals surface area contributed by atoms with E-state index in [1.54, 1.807) is 6.07 Å². The van der Waals surface area contributed by atoms with Gasteiger partial charge in [-0.05, 0) is 41.5 Å². The van der Waals surface area contributed by atoms with E-state index in [2.05, 4.69) is 35.6 Å². The molecule has 0 bridgehead atoms. The van der Waals surface area contributed by atoms with Gasteiger partial charge in [0.2, 0.25) is 0 Å². The van der Waals surface area contributed by atoms with E-state index in [4.69, 9.17) is 4.42 Å². The van der Waals surface area contributed by atoms with Crippen molar-refractivity contribution in [2.24, 2.45) is 0 Å². The van der Waals surface area contributed by atoms with Gasteiger partial charge in [-0.2, -0.15) is 0 Å². The fourth-order valence-electron chi connectivity index (χ4n) is 2.66. The van der Waals surface area contributed by atoms with E-state index in [0.29, 0.717) is 5.76 Å². The third-order valence-electron chi connectivity index (χ3n) is 4.06. The normalized spacial score (nSPS) is 11.8. The first-order chi connectivity index (χ1) is 11.2. The van der Waals surface area contributed by atoms with E-state index in [0.717, 1.165) is 10.0 Å². The maximum Gasteiger partial charge on any atom is 0.336 e. The Morgan fingerprint density at radius 2 is 1.52 bits per heavy atom. The molecule has 0 unspecified atom stereocenters. The number of unbranched alkanes of at least 4 members (excludes halogenated alkanes) is 11. The monoisotopic (exact) mass is 430 g/mol. The quantitative estimate of drug-likeness (QED) is 0.246. The average Bonchev–Trinajstić information content (AvgIpc) is 2.55. The Morgan fingerprint density at radius 3 is 2.09 bits per heavy atom. The summed E-state index contributed by atoms with van der Waals surface area (Å²) >= 11 is 2.25. The molecule has 3 heteroatoms. The highest BCUT2D eigenvalue weighted by atomic mass is 127. The molecule has 0 spiro atoms. The van der Waals surface area contributed by atoms with Crippen LogP contribution in [0.1, 0.15) is 89.7 Å². The highest BCUT2D eigenvalue weighted by Gasteiger charge is 2.00. The molecule has 2 nitrogen and oxygen atoms in total. The van der Waals surface area contributed by atoms with Gasteiger partial charge in [-0.25, -0.2) is 4.79 Å². The van der Waals surface area contributed by atoms with Crippen LogP contribution >= 0.6 is 22.6 Å². The largest absolute Gasteiger partial charge is 0.422 e. The van der Waals surface area contributed by atoms with Gasteiger partial charge in [-0.15, -0.1) is 0 Å². The fourth-order valence-corrected chi connectivity index (χ4v) is 3.26. The van der Waals surface area contributed by atoms with Crippen LogP contribution in [0.25, 0.3) is 3.58 Å². The second-order valence-corrected chi connectivity index (χ2v) is 7.35. The first-order valence-corrected chi connectivity index (χ1v) is 10.3. The van der Waals surface area contributed by atoms with E-state index < -0.39 is 0 Å². The van der Waals surface area contributed by atoms with Gasteiger partial charge in [0.1, 0.15) is 5.76 Å². The molecule has 1 aromatic heterocycles. The Labute approximate surface area is 154 Å². The lowest BCUT2D eigenvalue weighted by Gasteiger charge is -2.02. The van der Waals surface area contributed by atoms with Crippen molar-refractivity contribution < 1.29 is 4.42 Å². The van der Waals surface area contributed by atoms with E-state index in [1.165, 1.54) is 76.7 Å². The van der Waals surface area contributed by atoms with Crippen LogP contribution in [0.5, 0.6) is 0 Å². The smallest absolute Gasteiger partial charge is 0.336 e. The fraction of sp³-hybridized carbons (Fsp3) is 0.650. The number of rotatable bonds is 13. The summed E-state index contributed by atoms with van der Waals surface area (Å²) in [6.07, 6.45) is 18.3. The first-order valence-electron chi connectivity index (χ1n) is 9.20. The van der Waals surface area contributed by atoms with Crippen molar-refractivity contribution in [2.45, 2.75) is 84.0 Å². The molecule has 0 aliphatic carbocycles. The molecule has 23 heavy (non-hydrogen) atoms. The number of allylic oxidation sites excluding steroid dienone is 1. The molecule has 0 aliphatic heterocycles. The third-order valence-corrected chi connectivity index (χ3v) is 5.03. The Balaban J connectivity index is 1.99. The summed E-state index contributed by atoms with van der Waals surface area (Å²) < 4.78 is 6.20. The predicted molar refractivity (Wildman–Crippen MR) is 108 cm³/mol. The molecule has 0 saturated heterocycles. The molecule has 1 aromatic rings. The lowest BCUT2D eigenvalue weighted by molar-refractivity contribution is 0.500. The predicted octanol–water partition coefficient (Wildman–Crippen LogP) is 7.12. The van der Waals surface area contributed by atoms with Crippen molar-refractivity contribution in [3.05, 3.63) is 40.5 Å². The van der Waals surface area contributed by atoms with Crippen LogP contribution in [-0.4, -0.2) is 0 Å². The standard InChI is InChI=1S/C20H31IO2/c1-2-3-4-5-6-7-8-9-10-11-12-13-15-18(21)19-16-14-17-20(22)23-19/h14-17H,2-13H2,1H3. The van der Waals surface area contributed by atoms with Crippen LogP contribution < -0.4 is 5.63 Å². The van der Waals surface area contributed by atoms with Crippen molar-refractivity contribution in [3.63, 3.8) is 0 Å². The van der Waals surface area contributed by atoms with Crippen LogP contribution in [-0.2, 0) is 0 Å². The van der Waals surface area contributed by atoms with Gasteiger partial charge in [0.15, 0.2) is 0 Å². The molecular formula is C20H31IO2. The first kappa shape index (κ1) is 20.5. The second-order valence-electron chi connectivity index (χ2n) is 6.19. The number of halogens is 1. The number of hydrogen-bond acceptors (Lipinski definition) is 2. The minimum Gasteiger partial charge on any atom is -0.422 e. The topological polar surface area (TPSA) is 30.2 Å². The SMILES string of the molecule is CCCCCCCCCCCCCC=C(I)c1cccc(=O)o1. The summed E-state index contributed by atoms with van der Waals surface area (Å²) in [4.78, 5) is 11.2. The van der Waals surface area contributed by atoms with Crippen molar-refractivity contribution >= 4 is 26.2 Å². The highest BCUT2D eigenvalue weighted by molar-refractivity contribution is 14.1. The zero-order valence-electron chi connectivity index (χ0n) is 14.5. The zero-order chi connectivity index (χ0) is 16.8. The Kier molecular flexibility index (Phi) is 12.3. The molecule has 0 aliphatic rings. The molecule has 0 atom stereocenters. The summed E-state index contributed by atoms with van der Waals surface area (Å²) in [5.41, 5.74) is -0.278. The molecule has 1 rings (SSSR count). The highest BCUT2D eigenvalue weighted by Crippen LogP contribution is 2.22. The Hall–Kier alpha value is -0.580. The second kappa shape index (κ2) is 13.8. The van der Waals surface area contributed by atoms with E-state index in [9.17, 15) is 4.79 Å². The maximum absolute atomic E-state index is 11.2. The summed E-state index contributed by atoms with van der Waals surface area (Å²) in [7, 11) is 0. The summed E-state index contributed by atoms with van der Waals surface area (Å²) in [5.74, 6) is 0.682. The number of hydrogen-bond donors (Lipinski definition) is 0. The minimum absolute atomic E-state index is 0.278. The van der Waals surface area contributed by atoms with Gasteiger partial charge >= 0.3 is 5.63 Å². The average molecular weight is 430 g/mol. The van der Waals surface area contributed by atoms with Crippen molar-refractivity contribution in [1.82, 2.24) is 0 Å². The lowest BCUT2D eigenvalue weighted by Crippen LogP contribution is -1.95. The van der Waals surface area contributed by atoms with E-state index in [-0.39, 0.29) is 5.63 Å². The van der Waals surface area contributed by atoms with E-state index >= 15 is 0 Å². The minimum atomic E-state index is -0.278. The molecular weight excluding hydrogens is 399 g/mol. The Bertz CT molecular complexity index is 490. The molecule has 0 amide bonds. The maximum atomic E-state index is 11.2. The molecule has 130 valence electrons. The van der Waals surface area contributed by atoms with Gasteiger partial charge in [0, 0.05) is 6.07 Å². The van der Waals surface area contributed by atoms with E-state index in [1.807, 2.05) is 6.07 Å². The third kappa shape index (κ3) is 10.7. The molecule has 0 N–H and O–H groups in total. The molecule has 1 heterocycles. The zero-order valence-corrected chi connectivity index (χ0v) is 16.6. The van der Waals surface area contributed by atoms with Gasteiger partial charge in [-0.3, -0.25) is 0 Å². The van der Waals surface area contributed by atoms with Crippen LogP contribution in [0.15, 0.2) is 33.5 Å². The van der Waals surface area contributed by atoms with Crippen molar-refractivity contribution in [3.8, 4) is 0 Å². The molecule has 0 fully saturated rings. The van der Waals surface area contributed by atoms with Crippen LogP contribution in [0.3, 0.4) is 0 Å². The van der Waals surface area contributed by atoms with Crippen molar-refractivity contribution in [2.75, 3.05) is 0 Å². The lowest BCUT2D eigenvalue weighted by atomic mass is 10.1. The molecule has 0 radical (unpaired) electrons. The van der Waals surface area contributed by atoms with Crippen LogP contribution in [0.4, 0.5) is 0 Å². The summed E-state index contributed by atoms with van der Waals surface area (Å²) in [6.45, 7) is 2.27. The Morgan fingerprint density at radius 1 is 0.957 bits per heavy atom. The van der Waals surface area contributed by atoms with Crippen LogP contribution in [0, 0.1) is 0 Å². The summed E-state index contributed by atoms with van der Waals surface area (Å²) in [5, 5.41) is 0. The van der Waals surface area contributed by atoms with Gasteiger partial charge in [0.05, 0.1) is 3.58 Å². The van der Waals surface area contributed by atoms with Gasteiger partial charge < -0.3 is 4.42 Å². The van der Waals surface area contributed by atoms with Crippen LogP contribution in [0.2, 0.25) is 0 Å².